The minimum absolute atomic E-state index is 0.630. The van der Waals surface area contributed by atoms with Gasteiger partial charge in [0.15, 0.2) is 0 Å². The molecule has 0 aromatic heterocycles. The molecular weight excluding hydrogens is 178 g/mol. The Kier molecular flexibility index (Phi) is 4.27. The summed E-state index contributed by atoms with van der Waals surface area (Å²) in [4.78, 5) is 9.95. The van der Waals surface area contributed by atoms with Crippen LogP contribution in [0.1, 0.15) is 12.5 Å². The summed E-state index contributed by atoms with van der Waals surface area (Å²) in [5, 5.41) is 2.44. The Labute approximate surface area is 83.4 Å². The van der Waals surface area contributed by atoms with Gasteiger partial charge >= 0.3 is 0 Å². The number of amides is 1. The van der Waals surface area contributed by atoms with Crippen molar-refractivity contribution in [1.82, 2.24) is 5.32 Å². The van der Waals surface area contributed by atoms with Gasteiger partial charge in [-0.25, -0.2) is 0 Å². The SMILES string of the molecule is CCOc1ccc(/C=C/NC=O)cc1. The second kappa shape index (κ2) is 5.80. The largest absolute Gasteiger partial charge is 0.494 e. The van der Waals surface area contributed by atoms with Gasteiger partial charge in [-0.15, -0.1) is 0 Å². The molecule has 74 valence electrons. The maximum absolute atomic E-state index is 9.95. The highest BCUT2D eigenvalue weighted by atomic mass is 16.5. The molecule has 1 aromatic carbocycles. The Morgan fingerprint density at radius 3 is 2.64 bits per heavy atom. The molecule has 0 radical (unpaired) electrons. The highest BCUT2D eigenvalue weighted by Gasteiger charge is 1.90. The van der Waals surface area contributed by atoms with Crippen molar-refractivity contribution < 1.29 is 9.53 Å². The van der Waals surface area contributed by atoms with Gasteiger partial charge in [-0.2, -0.15) is 0 Å². The number of ether oxygens (including phenoxy) is 1. The molecule has 14 heavy (non-hydrogen) atoms. The molecular formula is C11H13NO2. The third-order valence-electron chi connectivity index (χ3n) is 1.63. The molecule has 3 heteroatoms. The first kappa shape index (κ1) is 10.3. The van der Waals surface area contributed by atoms with E-state index in [1.165, 1.54) is 0 Å². The Morgan fingerprint density at radius 2 is 2.07 bits per heavy atom. The molecule has 1 amide bonds. The molecule has 0 bridgehead atoms. The fraction of sp³-hybridized carbons (Fsp3) is 0.182. The summed E-state index contributed by atoms with van der Waals surface area (Å²) in [6, 6.07) is 7.64. The van der Waals surface area contributed by atoms with Gasteiger partial charge in [0, 0.05) is 6.20 Å². The molecule has 3 nitrogen and oxygen atoms in total. The molecule has 0 saturated carbocycles. The molecule has 0 spiro atoms. The predicted octanol–water partition coefficient (Wildman–Crippen LogP) is 1.80. The normalized spacial score (nSPS) is 10.1. The van der Waals surface area contributed by atoms with Crippen LogP contribution in [0.4, 0.5) is 0 Å². The third kappa shape index (κ3) is 3.31. The zero-order chi connectivity index (χ0) is 10.2. The predicted molar refractivity (Wildman–Crippen MR) is 55.8 cm³/mol. The minimum Gasteiger partial charge on any atom is -0.494 e. The fourth-order valence-electron chi connectivity index (χ4n) is 1.03. The van der Waals surface area contributed by atoms with Crippen LogP contribution < -0.4 is 10.1 Å². The first-order chi connectivity index (χ1) is 6.86. The van der Waals surface area contributed by atoms with E-state index in [0.717, 1.165) is 11.3 Å². The summed E-state index contributed by atoms with van der Waals surface area (Å²) in [5.41, 5.74) is 1.02. The molecule has 0 aliphatic carbocycles. The molecule has 0 unspecified atom stereocenters. The lowest BCUT2D eigenvalue weighted by molar-refractivity contribution is -0.108. The quantitative estimate of drug-likeness (QED) is 0.721. The van der Waals surface area contributed by atoms with Crippen LogP contribution in [0.15, 0.2) is 30.5 Å². The number of benzene rings is 1. The highest BCUT2D eigenvalue weighted by Crippen LogP contribution is 2.12. The van der Waals surface area contributed by atoms with Crippen LogP contribution in [0.2, 0.25) is 0 Å². The van der Waals surface area contributed by atoms with Crippen LogP contribution in [0.25, 0.3) is 6.08 Å². The van der Waals surface area contributed by atoms with Crippen molar-refractivity contribution in [3.8, 4) is 5.75 Å². The second-order valence-electron chi connectivity index (χ2n) is 2.62. The van der Waals surface area contributed by atoms with Gasteiger partial charge in [-0.1, -0.05) is 12.1 Å². The number of carbonyl (C=O) groups is 1. The van der Waals surface area contributed by atoms with Gasteiger partial charge in [0.25, 0.3) is 0 Å². The van der Waals surface area contributed by atoms with E-state index in [4.69, 9.17) is 4.74 Å². The van der Waals surface area contributed by atoms with Crippen molar-refractivity contribution in [3.05, 3.63) is 36.0 Å². The number of carbonyl (C=O) groups excluding carboxylic acids is 1. The summed E-state index contributed by atoms with van der Waals surface area (Å²) < 4.78 is 5.29. The Hall–Kier alpha value is -1.77. The highest BCUT2D eigenvalue weighted by molar-refractivity contribution is 5.55. The van der Waals surface area contributed by atoms with Crippen LogP contribution in [-0.4, -0.2) is 13.0 Å². The van der Waals surface area contributed by atoms with Crippen molar-refractivity contribution >= 4 is 12.5 Å². The van der Waals surface area contributed by atoms with Gasteiger partial charge in [0.1, 0.15) is 5.75 Å². The van der Waals surface area contributed by atoms with Gasteiger partial charge in [0.05, 0.1) is 6.61 Å². The topological polar surface area (TPSA) is 38.3 Å². The average molecular weight is 191 g/mol. The first-order valence-corrected chi connectivity index (χ1v) is 4.46. The van der Waals surface area contributed by atoms with Gasteiger partial charge < -0.3 is 10.1 Å². The van der Waals surface area contributed by atoms with E-state index in [1.807, 2.05) is 37.3 Å². The van der Waals surface area contributed by atoms with E-state index in [-0.39, 0.29) is 0 Å². The van der Waals surface area contributed by atoms with Crippen molar-refractivity contribution in [2.45, 2.75) is 6.92 Å². The van der Waals surface area contributed by atoms with Gasteiger partial charge in [-0.3, -0.25) is 4.79 Å². The summed E-state index contributed by atoms with van der Waals surface area (Å²) in [7, 11) is 0. The molecule has 0 atom stereocenters. The molecule has 0 saturated heterocycles. The Bertz CT molecular complexity index is 304. The fourth-order valence-corrected chi connectivity index (χ4v) is 1.03. The Balaban J connectivity index is 2.58. The molecule has 1 aromatic rings. The van der Waals surface area contributed by atoms with E-state index in [1.54, 1.807) is 6.20 Å². The van der Waals surface area contributed by atoms with Crippen LogP contribution in [0.3, 0.4) is 0 Å². The number of hydrogen-bond donors (Lipinski definition) is 1. The molecule has 0 aliphatic rings. The summed E-state index contributed by atoms with van der Waals surface area (Å²) in [6.45, 7) is 2.61. The first-order valence-electron chi connectivity index (χ1n) is 4.46. The zero-order valence-electron chi connectivity index (χ0n) is 8.07. The van der Waals surface area contributed by atoms with Gasteiger partial charge in [0.2, 0.25) is 6.41 Å². The maximum atomic E-state index is 9.95. The molecule has 0 fully saturated rings. The second-order valence-corrected chi connectivity index (χ2v) is 2.62. The zero-order valence-corrected chi connectivity index (χ0v) is 8.07. The van der Waals surface area contributed by atoms with Crippen molar-refractivity contribution in [1.29, 1.82) is 0 Å². The number of hydrogen-bond acceptors (Lipinski definition) is 2. The summed E-state index contributed by atoms with van der Waals surface area (Å²) >= 11 is 0. The molecule has 0 heterocycles. The van der Waals surface area contributed by atoms with E-state index < -0.39 is 0 Å². The number of rotatable bonds is 5. The standard InChI is InChI=1S/C11H13NO2/c1-2-14-11-5-3-10(4-6-11)7-8-12-9-13/h3-9H,2H2,1H3,(H,12,13)/b8-7+. The lowest BCUT2D eigenvalue weighted by Gasteiger charge is -2.01. The van der Waals surface area contributed by atoms with E-state index in [2.05, 4.69) is 5.32 Å². The molecule has 1 rings (SSSR count). The van der Waals surface area contributed by atoms with Gasteiger partial charge in [-0.05, 0) is 30.7 Å². The van der Waals surface area contributed by atoms with Crippen molar-refractivity contribution in [3.63, 3.8) is 0 Å². The summed E-state index contributed by atoms with van der Waals surface area (Å²) in [6.07, 6.45) is 4.03. The molecule has 0 aliphatic heterocycles. The van der Waals surface area contributed by atoms with Crippen LogP contribution in [-0.2, 0) is 4.79 Å². The third-order valence-corrected chi connectivity index (χ3v) is 1.63. The smallest absolute Gasteiger partial charge is 0.211 e. The molecule has 1 N–H and O–H groups in total. The van der Waals surface area contributed by atoms with Crippen LogP contribution in [0, 0.1) is 0 Å². The lowest BCUT2D eigenvalue weighted by atomic mass is 10.2. The van der Waals surface area contributed by atoms with E-state index in [0.29, 0.717) is 13.0 Å². The Morgan fingerprint density at radius 1 is 1.36 bits per heavy atom. The maximum Gasteiger partial charge on any atom is 0.211 e. The lowest BCUT2D eigenvalue weighted by Crippen LogP contribution is -1.97. The van der Waals surface area contributed by atoms with Crippen LogP contribution in [0.5, 0.6) is 5.75 Å². The minimum atomic E-state index is 0.630. The van der Waals surface area contributed by atoms with Crippen molar-refractivity contribution in [2.75, 3.05) is 6.61 Å². The van der Waals surface area contributed by atoms with E-state index in [9.17, 15) is 4.79 Å². The average Bonchev–Trinajstić information content (AvgIpc) is 2.21. The van der Waals surface area contributed by atoms with E-state index >= 15 is 0 Å². The van der Waals surface area contributed by atoms with Crippen molar-refractivity contribution in [2.24, 2.45) is 0 Å². The monoisotopic (exact) mass is 191 g/mol. The van der Waals surface area contributed by atoms with Crippen LogP contribution >= 0.6 is 0 Å². The number of nitrogens with one attached hydrogen (secondary N) is 1. The summed E-state index contributed by atoms with van der Waals surface area (Å²) in [5.74, 6) is 0.855.